The monoisotopic (exact) mass is 217 g/mol. The second-order valence-electron chi connectivity index (χ2n) is 3.64. The van der Waals surface area contributed by atoms with E-state index >= 15 is 0 Å². The molecule has 2 heterocycles. The van der Waals surface area contributed by atoms with Crippen LogP contribution in [0.15, 0.2) is 36.8 Å². The van der Waals surface area contributed by atoms with Crippen LogP contribution >= 0.6 is 0 Å². The maximum atomic E-state index is 5.53. The summed E-state index contributed by atoms with van der Waals surface area (Å²) in [6.07, 6.45) is 5.37. The van der Waals surface area contributed by atoms with Crippen molar-refractivity contribution in [1.29, 1.82) is 0 Å². The summed E-state index contributed by atoms with van der Waals surface area (Å²) in [7, 11) is 0. The molecule has 0 aliphatic rings. The van der Waals surface area contributed by atoms with E-state index in [4.69, 9.17) is 5.73 Å². The molecule has 2 aromatic rings. The van der Waals surface area contributed by atoms with Crippen LogP contribution in [0.5, 0.6) is 0 Å². The topological polar surface area (TPSA) is 68.8 Å². The quantitative estimate of drug-likeness (QED) is 0.802. The van der Waals surface area contributed by atoms with Crippen molar-refractivity contribution in [3.63, 3.8) is 0 Å². The highest BCUT2D eigenvalue weighted by Crippen LogP contribution is 2.09. The molecule has 0 saturated carbocycles. The van der Waals surface area contributed by atoms with Gasteiger partial charge in [0.05, 0.1) is 11.9 Å². The first kappa shape index (κ1) is 10.6. The van der Waals surface area contributed by atoms with Gasteiger partial charge in [0.15, 0.2) is 5.82 Å². The van der Waals surface area contributed by atoms with Crippen molar-refractivity contribution in [1.82, 2.24) is 14.8 Å². The van der Waals surface area contributed by atoms with Crippen molar-refractivity contribution in [3.05, 3.63) is 36.8 Å². The highest BCUT2D eigenvalue weighted by Gasteiger charge is 2.01. The van der Waals surface area contributed by atoms with Gasteiger partial charge in [-0.05, 0) is 25.1 Å². The molecule has 0 amide bonds. The van der Waals surface area contributed by atoms with E-state index in [2.05, 4.69) is 15.4 Å². The zero-order valence-electron chi connectivity index (χ0n) is 9.17. The lowest BCUT2D eigenvalue weighted by molar-refractivity contribution is 0.800. The molecule has 16 heavy (non-hydrogen) atoms. The summed E-state index contributed by atoms with van der Waals surface area (Å²) >= 11 is 0. The fraction of sp³-hybridized carbons (Fsp3) is 0.273. The number of rotatable bonds is 4. The Balaban J connectivity index is 2.11. The fourth-order valence-electron chi connectivity index (χ4n) is 1.35. The molecule has 0 bridgehead atoms. The molecular formula is C11H15N5. The summed E-state index contributed by atoms with van der Waals surface area (Å²) in [6.45, 7) is 2.63. The fourth-order valence-corrected chi connectivity index (χ4v) is 1.35. The molecule has 0 aliphatic carbocycles. The van der Waals surface area contributed by atoms with Crippen LogP contribution < -0.4 is 11.1 Å². The molecule has 1 atom stereocenters. The third kappa shape index (κ3) is 2.38. The van der Waals surface area contributed by atoms with Gasteiger partial charge in [-0.1, -0.05) is 0 Å². The minimum Gasteiger partial charge on any atom is -0.380 e. The SMILES string of the molecule is CC(CN)Nc1ccc(-n2cccn2)nc1. The summed E-state index contributed by atoms with van der Waals surface area (Å²) < 4.78 is 1.72. The van der Waals surface area contributed by atoms with Gasteiger partial charge in [-0.3, -0.25) is 0 Å². The van der Waals surface area contributed by atoms with Gasteiger partial charge in [0, 0.05) is 25.0 Å². The lowest BCUT2D eigenvalue weighted by atomic mass is 10.3. The summed E-state index contributed by atoms with van der Waals surface area (Å²) in [4.78, 5) is 4.31. The van der Waals surface area contributed by atoms with Crippen molar-refractivity contribution >= 4 is 5.69 Å². The molecule has 0 aliphatic heterocycles. The summed E-state index contributed by atoms with van der Waals surface area (Å²) in [5.74, 6) is 0.802. The Morgan fingerprint density at radius 1 is 1.50 bits per heavy atom. The Hall–Kier alpha value is -1.88. The van der Waals surface area contributed by atoms with E-state index in [0.717, 1.165) is 11.5 Å². The normalized spacial score (nSPS) is 12.4. The van der Waals surface area contributed by atoms with Crippen LogP contribution in [0.2, 0.25) is 0 Å². The maximum absolute atomic E-state index is 5.53. The van der Waals surface area contributed by atoms with Crippen LogP contribution in [0, 0.1) is 0 Å². The standard InChI is InChI=1S/C11H15N5/c1-9(7-12)15-10-3-4-11(13-8-10)16-6-2-5-14-16/h2-6,8-9,15H,7,12H2,1H3. The first-order valence-corrected chi connectivity index (χ1v) is 5.22. The maximum Gasteiger partial charge on any atom is 0.153 e. The Morgan fingerprint density at radius 3 is 2.94 bits per heavy atom. The molecule has 0 radical (unpaired) electrons. The van der Waals surface area contributed by atoms with Crippen molar-refractivity contribution < 1.29 is 0 Å². The van der Waals surface area contributed by atoms with Crippen LogP contribution in [-0.2, 0) is 0 Å². The first-order valence-electron chi connectivity index (χ1n) is 5.22. The van der Waals surface area contributed by atoms with E-state index in [1.807, 2.05) is 31.3 Å². The predicted molar refractivity (Wildman–Crippen MR) is 63.5 cm³/mol. The Bertz CT molecular complexity index is 420. The van der Waals surface area contributed by atoms with E-state index in [9.17, 15) is 0 Å². The summed E-state index contributed by atoms with van der Waals surface area (Å²) in [6, 6.07) is 6.00. The number of hydrogen-bond donors (Lipinski definition) is 2. The molecule has 0 saturated heterocycles. The van der Waals surface area contributed by atoms with Gasteiger partial charge in [-0.25, -0.2) is 9.67 Å². The van der Waals surface area contributed by atoms with Gasteiger partial charge in [0.1, 0.15) is 0 Å². The number of aromatic nitrogens is 3. The first-order chi connectivity index (χ1) is 7.79. The minimum atomic E-state index is 0.248. The van der Waals surface area contributed by atoms with E-state index in [1.54, 1.807) is 17.1 Å². The van der Waals surface area contributed by atoms with Gasteiger partial charge >= 0.3 is 0 Å². The highest BCUT2D eigenvalue weighted by atomic mass is 15.3. The van der Waals surface area contributed by atoms with Crippen molar-refractivity contribution in [2.75, 3.05) is 11.9 Å². The van der Waals surface area contributed by atoms with Crippen LogP contribution in [0.1, 0.15) is 6.92 Å². The van der Waals surface area contributed by atoms with Crippen LogP contribution in [0.3, 0.4) is 0 Å². The van der Waals surface area contributed by atoms with Crippen molar-refractivity contribution in [3.8, 4) is 5.82 Å². The lowest BCUT2D eigenvalue weighted by Gasteiger charge is -2.12. The van der Waals surface area contributed by atoms with Gasteiger partial charge < -0.3 is 11.1 Å². The molecule has 0 fully saturated rings. The Labute approximate surface area is 94.3 Å². The van der Waals surface area contributed by atoms with Gasteiger partial charge in [0.2, 0.25) is 0 Å². The summed E-state index contributed by atoms with van der Waals surface area (Å²) in [5, 5.41) is 7.35. The van der Waals surface area contributed by atoms with Gasteiger partial charge in [-0.2, -0.15) is 5.10 Å². The van der Waals surface area contributed by atoms with E-state index in [1.165, 1.54) is 0 Å². The average molecular weight is 217 g/mol. The predicted octanol–water partition coefficient (Wildman–Crippen LogP) is 1.03. The minimum absolute atomic E-state index is 0.248. The van der Waals surface area contributed by atoms with Crippen molar-refractivity contribution in [2.45, 2.75) is 13.0 Å². The molecule has 2 rings (SSSR count). The number of nitrogens with one attached hydrogen (secondary N) is 1. The second kappa shape index (κ2) is 4.76. The third-order valence-electron chi connectivity index (χ3n) is 2.25. The Morgan fingerprint density at radius 2 is 2.38 bits per heavy atom. The van der Waals surface area contributed by atoms with Crippen molar-refractivity contribution in [2.24, 2.45) is 5.73 Å². The number of pyridine rings is 1. The Kier molecular flexibility index (Phi) is 3.16. The summed E-state index contributed by atoms with van der Waals surface area (Å²) in [5.41, 5.74) is 6.50. The molecule has 5 heteroatoms. The zero-order chi connectivity index (χ0) is 11.4. The molecule has 84 valence electrons. The average Bonchev–Trinajstić information content (AvgIpc) is 2.83. The lowest BCUT2D eigenvalue weighted by Crippen LogP contribution is -2.25. The zero-order valence-corrected chi connectivity index (χ0v) is 9.17. The van der Waals surface area contributed by atoms with Crippen LogP contribution in [-0.4, -0.2) is 27.4 Å². The molecule has 3 N–H and O–H groups in total. The number of hydrogen-bond acceptors (Lipinski definition) is 4. The van der Waals surface area contributed by atoms with Crippen LogP contribution in [0.4, 0.5) is 5.69 Å². The third-order valence-corrected chi connectivity index (χ3v) is 2.25. The van der Waals surface area contributed by atoms with Gasteiger partial charge in [-0.15, -0.1) is 0 Å². The molecule has 1 unspecified atom stereocenters. The number of anilines is 1. The molecule has 5 nitrogen and oxygen atoms in total. The van der Waals surface area contributed by atoms with E-state index in [-0.39, 0.29) is 6.04 Å². The second-order valence-corrected chi connectivity index (χ2v) is 3.64. The number of nitrogens with zero attached hydrogens (tertiary/aromatic N) is 3. The van der Waals surface area contributed by atoms with E-state index in [0.29, 0.717) is 6.54 Å². The van der Waals surface area contributed by atoms with E-state index < -0.39 is 0 Å². The van der Waals surface area contributed by atoms with Gasteiger partial charge in [0.25, 0.3) is 0 Å². The molecule has 0 spiro atoms. The number of nitrogens with two attached hydrogens (primary N) is 1. The smallest absolute Gasteiger partial charge is 0.153 e. The molecule has 2 aromatic heterocycles. The largest absolute Gasteiger partial charge is 0.380 e. The molecular weight excluding hydrogens is 202 g/mol. The highest BCUT2D eigenvalue weighted by molar-refractivity contribution is 5.44. The van der Waals surface area contributed by atoms with Crippen LogP contribution in [0.25, 0.3) is 5.82 Å². The molecule has 0 aromatic carbocycles.